The monoisotopic (exact) mass is 377 g/mol. The molecule has 0 bridgehead atoms. The molecule has 0 radical (unpaired) electrons. The topological polar surface area (TPSA) is 36.4 Å². The van der Waals surface area contributed by atoms with Crippen LogP contribution in [0.25, 0.3) is 0 Å². The predicted molar refractivity (Wildman–Crippen MR) is 112 cm³/mol. The van der Waals surface area contributed by atoms with E-state index in [4.69, 9.17) is 0 Å². The summed E-state index contributed by atoms with van der Waals surface area (Å²) < 4.78 is 0. The van der Waals surface area contributed by atoms with Gasteiger partial charge in [-0.05, 0) is 55.0 Å². The van der Waals surface area contributed by atoms with Gasteiger partial charge in [0, 0.05) is 49.6 Å². The molecule has 0 N–H and O–H groups in total. The number of carbonyl (C=O) groups is 1. The van der Waals surface area contributed by atoms with Crippen LogP contribution in [0.3, 0.4) is 0 Å². The zero-order chi connectivity index (χ0) is 19.6. The second-order valence-corrected chi connectivity index (χ2v) is 8.92. The van der Waals surface area contributed by atoms with Gasteiger partial charge in [-0.3, -0.25) is 14.7 Å². The van der Waals surface area contributed by atoms with Crippen molar-refractivity contribution >= 4 is 5.91 Å². The fourth-order valence-electron chi connectivity index (χ4n) is 4.83. The van der Waals surface area contributed by atoms with Crippen molar-refractivity contribution in [3.05, 3.63) is 65.5 Å². The number of carbonyl (C=O) groups excluding carboxylic acids is 1. The summed E-state index contributed by atoms with van der Waals surface area (Å²) in [5.41, 5.74) is 3.81. The van der Waals surface area contributed by atoms with E-state index in [2.05, 4.69) is 52.9 Å². The van der Waals surface area contributed by atoms with Gasteiger partial charge in [-0.15, -0.1) is 0 Å². The number of hydrogen-bond donors (Lipinski definition) is 0. The minimum absolute atomic E-state index is 0.153. The zero-order valence-corrected chi connectivity index (χ0v) is 17.1. The van der Waals surface area contributed by atoms with Crippen LogP contribution < -0.4 is 0 Å². The first-order valence-electron chi connectivity index (χ1n) is 10.6. The fourth-order valence-corrected chi connectivity index (χ4v) is 4.83. The van der Waals surface area contributed by atoms with Gasteiger partial charge in [0.05, 0.1) is 0 Å². The molecule has 2 saturated heterocycles. The Hall–Kier alpha value is -2.20. The Labute approximate surface area is 168 Å². The van der Waals surface area contributed by atoms with Gasteiger partial charge >= 0.3 is 0 Å². The van der Waals surface area contributed by atoms with Crippen molar-refractivity contribution in [3.63, 3.8) is 0 Å². The summed E-state index contributed by atoms with van der Waals surface area (Å²) >= 11 is 0. The molecule has 4 heteroatoms. The highest BCUT2D eigenvalue weighted by Crippen LogP contribution is 2.39. The molecular weight excluding hydrogens is 346 g/mol. The summed E-state index contributed by atoms with van der Waals surface area (Å²) in [7, 11) is 0. The van der Waals surface area contributed by atoms with Crippen LogP contribution in [0.4, 0.5) is 0 Å². The quantitative estimate of drug-likeness (QED) is 0.796. The van der Waals surface area contributed by atoms with Crippen molar-refractivity contribution in [1.29, 1.82) is 0 Å². The lowest BCUT2D eigenvalue weighted by Crippen LogP contribution is -2.45. The Morgan fingerprint density at radius 3 is 2.50 bits per heavy atom. The number of nitrogens with zero attached hydrogens (tertiary/aromatic N) is 3. The predicted octanol–water partition coefficient (Wildman–Crippen LogP) is 4.33. The smallest absolute Gasteiger partial charge is 0.253 e. The molecule has 4 rings (SSSR count). The van der Waals surface area contributed by atoms with Crippen LogP contribution >= 0.6 is 0 Å². The third-order valence-corrected chi connectivity index (χ3v) is 6.45. The molecule has 1 atom stereocenters. The third-order valence-electron chi connectivity index (χ3n) is 6.45. The van der Waals surface area contributed by atoms with Gasteiger partial charge in [-0.2, -0.15) is 0 Å². The molecule has 2 aliphatic rings. The van der Waals surface area contributed by atoms with Crippen LogP contribution in [0.15, 0.2) is 48.8 Å². The summed E-state index contributed by atoms with van der Waals surface area (Å²) in [4.78, 5) is 21.5. The Balaban J connectivity index is 1.39. The Morgan fingerprint density at radius 2 is 1.79 bits per heavy atom. The van der Waals surface area contributed by atoms with E-state index in [9.17, 15) is 4.79 Å². The molecule has 2 fully saturated rings. The molecule has 0 unspecified atom stereocenters. The SMILES string of the molecule is CC(C)c1ccc(CN2CCC[C@@]3(CCN(C(=O)c4ccncc4)C3)C2)cc1. The van der Waals surface area contributed by atoms with Crippen molar-refractivity contribution in [2.45, 2.75) is 45.6 Å². The number of benzene rings is 1. The molecule has 2 aromatic rings. The first kappa shape index (κ1) is 19.1. The summed E-state index contributed by atoms with van der Waals surface area (Å²) in [6.45, 7) is 9.50. The third kappa shape index (κ3) is 4.12. The van der Waals surface area contributed by atoms with Gasteiger partial charge in [0.15, 0.2) is 0 Å². The van der Waals surface area contributed by atoms with Gasteiger partial charge in [-0.25, -0.2) is 0 Å². The van der Waals surface area contributed by atoms with E-state index >= 15 is 0 Å². The maximum atomic E-state index is 12.8. The van der Waals surface area contributed by atoms with Crippen LogP contribution in [0.2, 0.25) is 0 Å². The van der Waals surface area contributed by atoms with Crippen molar-refractivity contribution in [2.24, 2.45) is 5.41 Å². The van der Waals surface area contributed by atoms with Gasteiger partial charge < -0.3 is 4.90 Å². The minimum atomic E-state index is 0.153. The van der Waals surface area contributed by atoms with Crippen LogP contribution in [0.5, 0.6) is 0 Å². The van der Waals surface area contributed by atoms with E-state index in [-0.39, 0.29) is 11.3 Å². The maximum Gasteiger partial charge on any atom is 0.253 e. The van der Waals surface area contributed by atoms with E-state index in [1.165, 1.54) is 24.0 Å². The number of amides is 1. The highest BCUT2D eigenvalue weighted by atomic mass is 16.2. The van der Waals surface area contributed by atoms with E-state index in [0.717, 1.165) is 44.7 Å². The average Bonchev–Trinajstić information content (AvgIpc) is 3.11. The largest absolute Gasteiger partial charge is 0.338 e. The molecule has 1 amide bonds. The highest BCUT2D eigenvalue weighted by Gasteiger charge is 2.42. The summed E-state index contributed by atoms with van der Waals surface area (Å²) in [6, 6.07) is 12.7. The maximum absolute atomic E-state index is 12.8. The lowest BCUT2D eigenvalue weighted by molar-refractivity contribution is 0.0675. The normalized spacial score (nSPS) is 22.9. The van der Waals surface area contributed by atoms with E-state index in [0.29, 0.717) is 5.92 Å². The lowest BCUT2D eigenvalue weighted by Gasteiger charge is -2.40. The number of aromatic nitrogens is 1. The van der Waals surface area contributed by atoms with Crippen molar-refractivity contribution in [2.75, 3.05) is 26.2 Å². The summed E-state index contributed by atoms with van der Waals surface area (Å²) in [5.74, 6) is 0.732. The molecule has 2 aliphatic heterocycles. The van der Waals surface area contributed by atoms with E-state index in [1.54, 1.807) is 12.4 Å². The summed E-state index contributed by atoms with van der Waals surface area (Å²) in [5, 5.41) is 0. The van der Waals surface area contributed by atoms with Crippen LogP contribution in [-0.4, -0.2) is 46.9 Å². The molecule has 0 saturated carbocycles. The minimum Gasteiger partial charge on any atom is -0.338 e. The average molecular weight is 378 g/mol. The Morgan fingerprint density at radius 1 is 1.04 bits per heavy atom. The molecule has 1 aromatic carbocycles. The van der Waals surface area contributed by atoms with Crippen molar-refractivity contribution in [3.8, 4) is 0 Å². The molecule has 1 spiro atoms. The second-order valence-electron chi connectivity index (χ2n) is 8.92. The highest BCUT2D eigenvalue weighted by molar-refractivity contribution is 5.94. The first-order valence-corrected chi connectivity index (χ1v) is 10.6. The van der Waals surface area contributed by atoms with Gasteiger partial charge in [0.2, 0.25) is 0 Å². The molecular formula is C24H31N3O. The number of rotatable bonds is 4. The molecule has 0 aliphatic carbocycles. The van der Waals surface area contributed by atoms with Crippen LogP contribution in [0, 0.1) is 5.41 Å². The number of piperidine rings is 1. The van der Waals surface area contributed by atoms with Crippen LogP contribution in [0.1, 0.15) is 60.5 Å². The lowest BCUT2D eigenvalue weighted by atomic mass is 9.79. The van der Waals surface area contributed by atoms with Crippen molar-refractivity contribution < 1.29 is 4.79 Å². The molecule has 28 heavy (non-hydrogen) atoms. The summed E-state index contributed by atoms with van der Waals surface area (Å²) in [6.07, 6.45) is 6.97. The van der Waals surface area contributed by atoms with Gasteiger partial charge in [0.1, 0.15) is 0 Å². The molecule has 4 nitrogen and oxygen atoms in total. The molecule has 1 aromatic heterocycles. The fraction of sp³-hybridized carbons (Fsp3) is 0.500. The van der Waals surface area contributed by atoms with Crippen LogP contribution in [-0.2, 0) is 6.54 Å². The standard InChI is InChI=1S/C24H31N3O/c1-19(2)21-6-4-20(5-7-21)16-26-14-3-10-24(17-26)11-15-27(18-24)23(28)22-8-12-25-13-9-22/h4-9,12-13,19H,3,10-11,14-18H2,1-2H3/t24-/m1/s1. The molecule has 148 valence electrons. The molecule has 3 heterocycles. The van der Waals surface area contributed by atoms with E-state index in [1.807, 2.05) is 12.1 Å². The van der Waals surface area contributed by atoms with Gasteiger partial charge in [-0.1, -0.05) is 38.1 Å². The number of likely N-dealkylation sites (tertiary alicyclic amines) is 2. The second kappa shape index (κ2) is 8.04. The zero-order valence-electron chi connectivity index (χ0n) is 17.1. The van der Waals surface area contributed by atoms with E-state index < -0.39 is 0 Å². The first-order chi connectivity index (χ1) is 13.5. The number of pyridine rings is 1. The van der Waals surface area contributed by atoms with Gasteiger partial charge in [0.25, 0.3) is 5.91 Å². The van der Waals surface area contributed by atoms with Crippen molar-refractivity contribution in [1.82, 2.24) is 14.8 Å². The Kier molecular flexibility index (Phi) is 5.49. The Bertz CT molecular complexity index is 802. The number of hydrogen-bond acceptors (Lipinski definition) is 3.